The first kappa shape index (κ1) is 12.2. The lowest BCUT2D eigenvalue weighted by atomic mass is 10.2. The zero-order valence-corrected chi connectivity index (χ0v) is 10.4. The summed E-state index contributed by atoms with van der Waals surface area (Å²) in [5.74, 6) is 0.879. The summed E-state index contributed by atoms with van der Waals surface area (Å²) in [6.45, 7) is 0. The molecule has 0 spiro atoms. The minimum absolute atomic E-state index is 0.186. The van der Waals surface area contributed by atoms with Gasteiger partial charge in [0.15, 0.2) is 5.75 Å². The molecule has 0 N–H and O–H groups in total. The molecule has 0 aliphatic heterocycles. The van der Waals surface area contributed by atoms with Crippen LogP contribution in [-0.4, -0.2) is 23.4 Å². The van der Waals surface area contributed by atoms with E-state index in [1.54, 1.807) is 6.07 Å². The minimum Gasteiger partial charge on any atom is -0.485 e. The third-order valence-electron chi connectivity index (χ3n) is 2.83. The summed E-state index contributed by atoms with van der Waals surface area (Å²) >= 11 is 5.41. The van der Waals surface area contributed by atoms with E-state index in [9.17, 15) is 4.79 Å². The predicted octanol–water partition coefficient (Wildman–Crippen LogP) is 2.79. The van der Waals surface area contributed by atoms with Crippen LogP contribution in [0.25, 0.3) is 0 Å². The second-order valence-corrected chi connectivity index (χ2v) is 4.37. The molecule has 17 heavy (non-hydrogen) atoms. The van der Waals surface area contributed by atoms with Crippen molar-refractivity contribution in [3.05, 3.63) is 17.8 Å². The van der Waals surface area contributed by atoms with Gasteiger partial charge in [-0.2, -0.15) is 0 Å². The maximum absolute atomic E-state index is 11.1. The molecule has 2 rings (SSSR count). The zero-order chi connectivity index (χ0) is 12.3. The molecule has 1 aromatic rings. The van der Waals surface area contributed by atoms with Gasteiger partial charge in [0, 0.05) is 6.20 Å². The Morgan fingerprint density at radius 1 is 1.47 bits per heavy atom. The summed E-state index contributed by atoms with van der Waals surface area (Å²) in [6, 6.07) is 1.58. The maximum Gasteiger partial charge on any atom is 0.256 e. The zero-order valence-electron chi connectivity index (χ0n) is 9.61. The summed E-state index contributed by atoms with van der Waals surface area (Å²) in [5, 5.41) is -0.545. The van der Waals surface area contributed by atoms with Crippen molar-refractivity contribution < 1.29 is 14.3 Å². The second-order valence-electron chi connectivity index (χ2n) is 4.03. The molecule has 5 heteroatoms. The molecule has 1 fully saturated rings. The molecule has 1 aliphatic rings. The minimum atomic E-state index is -0.545. The number of carbonyl (C=O) groups excluding carboxylic acids is 1. The van der Waals surface area contributed by atoms with Crippen LogP contribution in [0.4, 0.5) is 0 Å². The third kappa shape index (κ3) is 2.88. The number of rotatable bonds is 4. The van der Waals surface area contributed by atoms with E-state index >= 15 is 0 Å². The first-order chi connectivity index (χ1) is 8.20. The molecular weight excluding hydrogens is 242 g/mol. The van der Waals surface area contributed by atoms with Gasteiger partial charge in [0.25, 0.3) is 11.1 Å². The van der Waals surface area contributed by atoms with Crippen molar-refractivity contribution in [3.8, 4) is 11.6 Å². The monoisotopic (exact) mass is 255 g/mol. The average Bonchev–Trinajstić information content (AvgIpc) is 2.81. The van der Waals surface area contributed by atoms with Crippen LogP contribution in [0.1, 0.15) is 36.0 Å². The highest BCUT2D eigenvalue weighted by atomic mass is 35.5. The predicted molar refractivity (Wildman–Crippen MR) is 63.9 cm³/mol. The van der Waals surface area contributed by atoms with Crippen LogP contribution in [-0.2, 0) is 0 Å². The van der Waals surface area contributed by atoms with E-state index in [0.29, 0.717) is 17.2 Å². The largest absolute Gasteiger partial charge is 0.485 e. The quantitative estimate of drug-likeness (QED) is 0.777. The Balaban J connectivity index is 2.21. The highest BCUT2D eigenvalue weighted by Crippen LogP contribution is 2.30. The summed E-state index contributed by atoms with van der Waals surface area (Å²) in [5.41, 5.74) is 0.320. The van der Waals surface area contributed by atoms with E-state index in [-0.39, 0.29) is 6.10 Å². The summed E-state index contributed by atoms with van der Waals surface area (Å²) < 4.78 is 10.9. The van der Waals surface area contributed by atoms with Gasteiger partial charge >= 0.3 is 0 Å². The van der Waals surface area contributed by atoms with Crippen molar-refractivity contribution in [2.45, 2.75) is 31.8 Å². The first-order valence-corrected chi connectivity index (χ1v) is 5.99. The third-order valence-corrected chi connectivity index (χ3v) is 3.05. The Hall–Kier alpha value is -1.29. The van der Waals surface area contributed by atoms with Gasteiger partial charge in [0.05, 0.1) is 18.8 Å². The van der Waals surface area contributed by atoms with Gasteiger partial charge in [-0.15, -0.1) is 0 Å². The average molecular weight is 256 g/mol. The lowest BCUT2D eigenvalue weighted by Crippen LogP contribution is -2.12. The highest BCUT2D eigenvalue weighted by molar-refractivity contribution is 6.67. The molecule has 0 aromatic carbocycles. The topological polar surface area (TPSA) is 48.4 Å². The SMILES string of the molecule is COc1ncc(C(=O)Cl)cc1OC1CCCC1. The first-order valence-electron chi connectivity index (χ1n) is 5.61. The highest BCUT2D eigenvalue weighted by Gasteiger charge is 2.19. The molecular formula is C12H14ClNO3. The van der Waals surface area contributed by atoms with Crippen LogP contribution in [0.3, 0.4) is 0 Å². The Kier molecular flexibility index (Phi) is 3.84. The van der Waals surface area contributed by atoms with Gasteiger partial charge in [-0.05, 0) is 43.4 Å². The molecule has 1 heterocycles. The van der Waals surface area contributed by atoms with Crippen molar-refractivity contribution in [2.75, 3.05) is 7.11 Å². The Morgan fingerprint density at radius 3 is 2.76 bits per heavy atom. The molecule has 0 amide bonds. The fraction of sp³-hybridized carbons (Fsp3) is 0.500. The van der Waals surface area contributed by atoms with E-state index < -0.39 is 5.24 Å². The van der Waals surface area contributed by atoms with Crippen LogP contribution in [0.5, 0.6) is 11.6 Å². The summed E-state index contributed by atoms with van der Waals surface area (Å²) in [7, 11) is 1.52. The number of pyridine rings is 1. The summed E-state index contributed by atoms with van der Waals surface area (Å²) in [4.78, 5) is 15.1. The number of hydrogen-bond acceptors (Lipinski definition) is 4. The Bertz CT molecular complexity index is 416. The standard InChI is InChI=1S/C12H14ClNO3/c1-16-12-10(17-9-4-2-3-5-9)6-8(7-14-12)11(13)15/h6-7,9H,2-5H2,1H3. The lowest BCUT2D eigenvalue weighted by molar-refractivity contribution is 0.108. The number of halogens is 1. The molecule has 1 saturated carbocycles. The van der Waals surface area contributed by atoms with Gasteiger partial charge in [0.1, 0.15) is 0 Å². The molecule has 0 atom stereocenters. The van der Waals surface area contributed by atoms with Crippen molar-refractivity contribution in [1.82, 2.24) is 4.98 Å². The van der Waals surface area contributed by atoms with Crippen LogP contribution in [0.15, 0.2) is 12.3 Å². The number of ether oxygens (including phenoxy) is 2. The maximum atomic E-state index is 11.1. The molecule has 0 radical (unpaired) electrons. The van der Waals surface area contributed by atoms with Crippen LogP contribution in [0, 0.1) is 0 Å². The van der Waals surface area contributed by atoms with Crippen LogP contribution < -0.4 is 9.47 Å². The lowest BCUT2D eigenvalue weighted by Gasteiger charge is -2.15. The van der Waals surface area contributed by atoms with Crippen LogP contribution >= 0.6 is 11.6 Å². The van der Waals surface area contributed by atoms with Gasteiger partial charge in [-0.1, -0.05) is 0 Å². The molecule has 4 nitrogen and oxygen atoms in total. The fourth-order valence-electron chi connectivity index (χ4n) is 1.96. The number of methoxy groups -OCH3 is 1. The van der Waals surface area contributed by atoms with E-state index in [4.69, 9.17) is 21.1 Å². The molecule has 92 valence electrons. The molecule has 0 saturated heterocycles. The molecule has 0 bridgehead atoms. The van der Waals surface area contributed by atoms with E-state index in [1.165, 1.54) is 26.1 Å². The Morgan fingerprint density at radius 2 is 2.18 bits per heavy atom. The van der Waals surface area contributed by atoms with Gasteiger partial charge < -0.3 is 9.47 Å². The van der Waals surface area contributed by atoms with E-state index in [2.05, 4.69) is 4.98 Å². The number of hydrogen-bond donors (Lipinski definition) is 0. The molecule has 1 aromatic heterocycles. The number of nitrogens with zero attached hydrogens (tertiary/aromatic N) is 1. The fourth-order valence-corrected chi connectivity index (χ4v) is 2.07. The summed E-state index contributed by atoms with van der Waals surface area (Å²) in [6.07, 6.45) is 5.98. The molecule has 1 aliphatic carbocycles. The number of aromatic nitrogens is 1. The van der Waals surface area contributed by atoms with E-state index in [0.717, 1.165) is 12.8 Å². The van der Waals surface area contributed by atoms with Crippen molar-refractivity contribution in [1.29, 1.82) is 0 Å². The second kappa shape index (κ2) is 5.36. The van der Waals surface area contributed by atoms with Crippen LogP contribution in [0.2, 0.25) is 0 Å². The van der Waals surface area contributed by atoms with E-state index in [1.807, 2.05) is 0 Å². The van der Waals surface area contributed by atoms with Crippen molar-refractivity contribution in [3.63, 3.8) is 0 Å². The van der Waals surface area contributed by atoms with Gasteiger partial charge in [0.2, 0.25) is 0 Å². The smallest absolute Gasteiger partial charge is 0.256 e. The van der Waals surface area contributed by atoms with Gasteiger partial charge in [-0.25, -0.2) is 4.98 Å². The number of carbonyl (C=O) groups is 1. The van der Waals surface area contributed by atoms with Gasteiger partial charge in [-0.3, -0.25) is 4.79 Å². The van der Waals surface area contributed by atoms with Crippen molar-refractivity contribution >= 4 is 16.8 Å². The van der Waals surface area contributed by atoms with Crippen molar-refractivity contribution in [2.24, 2.45) is 0 Å². The Labute approximate surface area is 105 Å². The molecule has 0 unspecified atom stereocenters. The normalized spacial score (nSPS) is 15.9.